The molecule has 0 heterocycles. The Balaban J connectivity index is 0. The van der Waals surface area contributed by atoms with Crippen molar-refractivity contribution in [1.29, 1.82) is 0 Å². The zero-order chi connectivity index (χ0) is 6.99. The third kappa shape index (κ3) is 17.4. The molecule has 3 heteroatoms. The van der Waals surface area contributed by atoms with Crippen LogP contribution in [0, 0.1) is 0 Å². The fourth-order valence-corrected chi connectivity index (χ4v) is 0.175. The maximum absolute atomic E-state index is 10.8. The van der Waals surface area contributed by atoms with Gasteiger partial charge in [-0.3, -0.25) is 0 Å². The van der Waals surface area contributed by atoms with E-state index in [-0.39, 0.29) is 5.88 Å². The van der Waals surface area contributed by atoms with Gasteiger partial charge >= 0.3 is 0 Å². The second kappa shape index (κ2) is 9.80. The lowest BCUT2D eigenvalue weighted by Crippen LogP contribution is -1.58. The lowest BCUT2D eigenvalue weighted by molar-refractivity contribution is 0.420. The van der Waals surface area contributed by atoms with Crippen LogP contribution >= 0.6 is 11.6 Å². The first-order valence-corrected chi connectivity index (χ1v) is 2.38. The van der Waals surface area contributed by atoms with E-state index in [1.54, 1.807) is 0 Å². The van der Waals surface area contributed by atoms with E-state index < -0.39 is 6.08 Å². The molecule has 0 fully saturated rings. The summed E-state index contributed by atoms with van der Waals surface area (Å²) < 4.78 is 21.6. The van der Waals surface area contributed by atoms with Crippen molar-refractivity contribution in [2.75, 3.05) is 5.88 Å². The molecule has 0 nitrogen and oxygen atoms in total. The van der Waals surface area contributed by atoms with Crippen LogP contribution in [0.5, 0.6) is 0 Å². The molecule has 0 aliphatic rings. The smallest absolute Gasteiger partial charge is 0.174 e. The summed E-state index contributed by atoms with van der Waals surface area (Å²) in [6.45, 7) is 6.00. The lowest BCUT2D eigenvalue weighted by atomic mass is 10.7. The van der Waals surface area contributed by atoms with Gasteiger partial charge in [-0.2, -0.15) is 8.78 Å². The van der Waals surface area contributed by atoms with Crippen LogP contribution in [0.25, 0.3) is 0 Å². The van der Waals surface area contributed by atoms with E-state index in [2.05, 4.69) is 13.2 Å². The van der Waals surface area contributed by atoms with E-state index in [1.807, 2.05) is 0 Å². The SMILES string of the molecule is C=C.FC(F)=CCCl. The standard InChI is InChI=1S/C3H3ClF2.C2H4/c4-2-1-3(5)6;1-2/h1H,2H2;1-2H2. The minimum absolute atomic E-state index is 0.109. The monoisotopic (exact) mass is 140 g/mol. The first-order chi connectivity index (χ1) is 3.77. The van der Waals surface area contributed by atoms with Crippen LogP contribution in [0.15, 0.2) is 25.3 Å². The summed E-state index contributed by atoms with van der Waals surface area (Å²) in [6.07, 6.45) is -1.08. The average Bonchev–Trinajstić information content (AvgIpc) is 1.72. The summed E-state index contributed by atoms with van der Waals surface area (Å²) in [5.74, 6) is -0.109. The zero-order valence-corrected chi connectivity index (χ0v) is 5.09. The average molecular weight is 141 g/mol. The molecule has 0 radical (unpaired) electrons. The Kier molecular flexibility index (Phi) is 13.0. The van der Waals surface area contributed by atoms with Crippen molar-refractivity contribution in [2.24, 2.45) is 0 Å². The molecule has 0 bridgehead atoms. The van der Waals surface area contributed by atoms with E-state index >= 15 is 0 Å². The van der Waals surface area contributed by atoms with Crippen LogP contribution in [0.4, 0.5) is 8.78 Å². The summed E-state index contributed by atoms with van der Waals surface area (Å²) in [5, 5.41) is 0. The number of hydrogen-bond donors (Lipinski definition) is 0. The molecule has 0 atom stereocenters. The highest BCUT2D eigenvalue weighted by Crippen LogP contribution is 1.95. The van der Waals surface area contributed by atoms with Crippen LogP contribution in [0.3, 0.4) is 0 Å². The summed E-state index contributed by atoms with van der Waals surface area (Å²) in [5.41, 5.74) is 0. The summed E-state index contributed by atoms with van der Waals surface area (Å²) in [7, 11) is 0. The summed E-state index contributed by atoms with van der Waals surface area (Å²) >= 11 is 4.84. The van der Waals surface area contributed by atoms with Crippen LogP contribution in [-0.4, -0.2) is 5.88 Å². The van der Waals surface area contributed by atoms with Gasteiger partial charge < -0.3 is 0 Å². The summed E-state index contributed by atoms with van der Waals surface area (Å²) in [6, 6.07) is 0. The molecule has 0 aromatic rings. The van der Waals surface area contributed by atoms with Gasteiger partial charge in [0.25, 0.3) is 6.08 Å². The molecule has 0 N–H and O–H groups in total. The summed E-state index contributed by atoms with van der Waals surface area (Å²) in [4.78, 5) is 0. The highest BCUT2D eigenvalue weighted by molar-refractivity contribution is 6.18. The Hall–Kier alpha value is -0.370. The quantitative estimate of drug-likeness (QED) is 0.388. The first kappa shape index (κ1) is 10.6. The molecule has 0 aliphatic carbocycles. The molecule has 0 aliphatic heterocycles. The van der Waals surface area contributed by atoms with E-state index in [0.29, 0.717) is 6.08 Å². The van der Waals surface area contributed by atoms with Crippen molar-refractivity contribution in [2.45, 2.75) is 0 Å². The van der Waals surface area contributed by atoms with E-state index in [0.717, 1.165) is 0 Å². The van der Waals surface area contributed by atoms with E-state index in [9.17, 15) is 8.78 Å². The fraction of sp³-hybridized carbons (Fsp3) is 0.200. The Morgan fingerprint density at radius 3 is 1.88 bits per heavy atom. The maximum atomic E-state index is 10.8. The van der Waals surface area contributed by atoms with Gasteiger partial charge in [0, 0.05) is 5.88 Å². The van der Waals surface area contributed by atoms with Gasteiger partial charge in [0.1, 0.15) is 0 Å². The molecule has 0 aromatic carbocycles. The Morgan fingerprint density at radius 2 is 1.88 bits per heavy atom. The molecule has 0 saturated heterocycles. The van der Waals surface area contributed by atoms with Crippen molar-refractivity contribution in [1.82, 2.24) is 0 Å². The maximum Gasteiger partial charge on any atom is 0.267 e. The minimum atomic E-state index is -1.72. The van der Waals surface area contributed by atoms with Crippen molar-refractivity contribution in [3.8, 4) is 0 Å². The highest BCUT2D eigenvalue weighted by atomic mass is 35.5. The molecule has 0 spiro atoms. The first-order valence-electron chi connectivity index (χ1n) is 1.84. The van der Waals surface area contributed by atoms with Gasteiger partial charge in [-0.1, -0.05) is 0 Å². The molecule has 8 heavy (non-hydrogen) atoms. The normalized spacial score (nSPS) is 6.38. The van der Waals surface area contributed by atoms with Crippen LogP contribution < -0.4 is 0 Å². The largest absolute Gasteiger partial charge is 0.267 e. The number of halogens is 3. The minimum Gasteiger partial charge on any atom is -0.174 e. The van der Waals surface area contributed by atoms with Crippen LogP contribution in [0.2, 0.25) is 0 Å². The molecule has 0 rings (SSSR count). The Labute approximate surface area is 52.5 Å². The third-order valence-corrected chi connectivity index (χ3v) is 0.386. The van der Waals surface area contributed by atoms with Crippen molar-refractivity contribution in [3.63, 3.8) is 0 Å². The Bertz CT molecular complexity index is 66.8. The van der Waals surface area contributed by atoms with E-state index in [1.165, 1.54) is 0 Å². The predicted octanol–water partition coefficient (Wildman–Crippen LogP) is 2.81. The second-order valence-electron chi connectivity index (χ2n) is 0.648. The number of rotatable bonds is 1. The fourth-order valence-electron chi connectivity index (χ4n) is 0.0583. The highest BCUT2D eigenvalue weighted by Gasteiger charge is 1.80. The molecular formula is C5H7ClF2. The van der Waals surface area contributed by atoms with E-state index in [4.69, 9.17) is 11.6 Å². The molecule has 0 unspecified atom stereocenters. The zero-order valence-electron chi connectivity index (χ0n) is 4.33. The Morgan fingerprint density at radius 1 is 1.50 bits per heavy atom. The lowest BCUT2D eigenvalue weighted by Gasteiger charge is -1.69. The van der Waals surface area contributed by atoms with Gasteiger partial charge in [0.05, 0.1) is 0 Å². The predicted molar refractivity (Wildman–Crippen MR) is 32.3 cm³/mol. The van der Waals surface area contributed by atoms with Gasteiger partial charge in [-0.15, -0.1) is 24.8 Å². The van der Waals surface area contributed by atoms with Crippen molar-refractivity contribution < 1.29 is 8.78 Å². The molecule has 0 saturated carbocycles. The van der Waals surface area contributed by atoms with Crippen LogP contribution in [-0.2, 0) is 0 Å². The van der Waals surface area contributed by atoms with Gasteiger partial charge in [-0.25, -0.2) is 0 Å². The number of hydrogen-bond acceptors (Lipinski definition) is 0. The van der Waals surface area contributed by atoms with Crippen molar-refractivity contribution in [3.05, 3.63) is 25.3 Å². The molecule has 0 aromatic heterocycles. The van der Waals surface area contributed by atoms with Crippen molar-refractivity contribution >= 4 is 11.6 Å². The van der Waals surface area contributed by atoms with Gasteiger partial charge in [0.2, 0.25) is 0 Å². The topological polar surface area (TPSA) is 0 Å². The molecular weight excluding hydrogens is 134 g/mol. The second-order valence-corrected chi connectivity index (χ2v) is 0.957. The molecule has 48 valence electrons. The molecule has 0 amide bonds. The van der Waals surface area contributed by atoms with Crippen LogP contribution in [0.1, 0.15) is 0 Å². The third-order valence-electron chi connectivity index (χ3n) is 0.231. The van der Waals surface area contributed by atoms with Gasteiger partial charge in [-0.05, 0) is 6.08 Å². The van der Waals surface area contributed by atoms with Gasteiger partial charge in [0.15, 0.2) is 0 Å². The number of allylic oxidation sites excluding steroid dienone is 1. The number of alkyl halides is 1.